The summed E-state index contributed by atoms with van der Waals surface area (Å²) in [5.41, 5.74) is 3.53. The van der Waals surface area contributed by atoms with Gasteiger partial charge in [0.2, 0.25) is 0 Å². The summed E-state index contributed by atoms with van der Waals surface area (Å²) in [6.07, 6.45) is 12.4. The summed E-state index contributed by atoms with van der Waals surface area (Å²) in [6, 6.07) is 0. The Labute approximate surface area is 142 Å². The third kappa shape index (κ3) is 2.14. The van der Waals surface area contributed by atoms with E-state index in [4.69, 9.17) is 0 Å². The van der Waals surface area contributed by atoms with Gasteiger partial charge in [0.05, 0.1) is 6.10 Å². The van der Waals surface area contributed by atoms with E-state index in [1.165, 1.54) is 68.9 Å². The number of aliphatic hydroxyl groups is 1. The highest BCUT2D eigenvalue weighted by Crippen LogP contribution is 2.67. The average molecular weight is 317 g/mol. The minimum absolute atomic E-state index is 0.158. The van der Waals surface area contributed by atoms with E-state index in [2.05, 4.69) is 27.7 Å². The molecule has 4 fully saturated rings. The first kappa shape index (κ1) is 16.2. The highest BCUT2D eigenvalue weighted by atomic mass is 16.3. The maximum absolute atomic E-state index is 11.0. The smallest absolute Gasteiger partial charge is 0.0809 e. The number of allylic oxidation sites excluding steroid dienone is 1. The molecule has 0 aromatic heterocycles. The molecule has 23 heavy (non-hydrogen) atoms. The highest BCUT2D eigenvalue weighted by molar-refractivity contribution is 5.27. The van der Waals surface area contributed by atoms with E-state index in [9.17, 15) is 5.11 Å². The molecule has 130 valence electrons. The van der Waals surface area contributed by atoms with E-state index < -0.39 is 0 Å². The Balaban J connectivity index is 1.68. The molecular weight excluding hydrogens is 280 g/mol. The molecule has 0 heterocycles. The van der Waals surface area contributed by atoms with Crippen LogP contribution in [0.3, 0.4) is 0 Å². The van der Waals surface area contributed by atoms with Gasteiger partial charge in [-0.2, -0.15) is 0 Å². The Morgan fingerprint density at radius 2 is 1.70 bits per heavy atom. The summed E-state index contributed by atoms with van der Waals surface area (Å²) in [6.45, 7) is 9.46. The molecule has 1 nitrogen and oxygen atoms in total. The van der Waals surface area contributed by atoms with Gasteiger partial charge in [-0.1, -0.05) is 32.3 Å². The zero-order valence-electron chi connectivity index (χ0n) is 15.7. The molecule has 0 amide bonds. The van der Waals surface area contributed by atoms with Crippen LogP contribution in [-0.4, -0.2) is 11.2 Å². The zero-order valence-corrected chi connectivity index (χ0v) is 15.7. The van der Waals surface area contributed by atoms with Gasteiger partial charge in [-0.25, -0.2) is 0 Å². The second-order valence-electron chi connectivity index (χ2n) is 10.1. The minimum Gasteiger partial charge on any atom is -0.388 e. The van der Waals surface area contributed by atoms with E-state index in [0.717, 1.165) is 23.7 Å². The van der Waals surface area contributed by atoms with Crippen LogP contribution < -0.4 is 0 Å². The molecule has 4 aliphatic carbocycles. The van der Waals surface area contributed by atoms with Crippen molar-refractivity contribution in [1.82, 2.24) is 0 Å². The third-order valence-electron chi connectivity index (χ3n) is 9.06. The number of rotatable bonds is 0. The zero-order chi connectivity index (χ0) is 16.4. The molecule has 0 aliphatic heterocycles. The third-order valence-corrected chi connectivity index (χ3v) is 9.06. The van der Waals surface area contributed by atoms with Crippen LogP contribution in [0.15, 0.2) is 11.1 Å². The molecule has 0 unspecified atom stereocenters. The first-order chi connectivity index (χ1) is 10.9. The van der Waals surface area contributed by atoms with Gasteiger partial charge in [-0.3, -0.25) is 0 Å². The molecule has 0 aromatic rings. The van der Waals surface area contributed by atoms with Gasteiger partial charge in [-0.15, -0.1) is 0 Å². The fourth-order valence-corrected chi connectivity index (χ4v) is 7.59. The maximum Gasteiger partial charge on any atom is 0.0809 e. The SMILES string of the molecule is CC(C)=C1C[C@H]2[C@@H]3CC[C@@H]4CCCC[C@]4(C)[C@H]3CC[C@]2(C)[C@H]1O. The van der Waals surface area contributed by atoms with Gasteiger partial charge in [0.15, 0.2) is 0 Å². The molecule has 4 rings (SSSR count). The van der Waals surface area contributed by atoms with Crippen molar-refractivity contribution >= 4 is 0 Å². The van der Waals surface area contributed by atoms with Gasteiger partial charge in [0.1, 0.15) is 0 Å². The van der Waals surface area contributed by atoms with Gasteiger partial charge in [0, 0.05) is 5.41 Å². The predicted molar refractivity (Wildman–Crippen MR) is 96.1 cm³/mol. The first-order valence-corrected chi connectivity index (χ1v) is 10.2. The molecule has 1 heteroatoms. The largest absolute Gasteiger partial charge is 0.388 e. The van der Waals surface area contributed by atoms with Crippen molar-refractivity contribution < 1.29 is 5.11 Å². The van der Waals surface area contributed by atoms with Crippen LogP contribution in [0.1, 0.15) is 85.5 Å². The molecular formula is C22H36O. The molecule has 4 saturated carbocycles. The van der Waals surface area contributed by atoms with Crippen LogP contribution in [0.25, 0.3) is 0 Å². The lowest BCUT2D eigenvalue weighted by Gasteiger charge is -2.60. The summed E-state index contributed by atoms with van der Waals surface area (Å²) in [5, 5.41) is 11.0. The van der Waals surface area contributed by atoms with Crippen molar-refractivity contribution in [3.63, 3.8) is 0 Å². The Kier molecular flexibility index (Phi) is 3.76. The average Bonchev–Trinajstić information content (AvgIpc) is 2.79. The standard InChI is InChI=1S/C22H36O/c1-14(2)17-13-19-16-9-8-15-7-5-6-11-21(15,3)18(16)10-12-22(19,4)20(17)23/h15-16,18-20,23H,5-13H2,1-4H3/t15-,16+,18-,19-,20-,21-,22-/m0/s1. The fraction of sp³-hybridized carbons (Fsp3) is 0.909. The van der Waals surface area contributed by atoms with Gasteiger partial charge >= 0.3 is 0 Å². The molecule has 0 saturated heterocycles. The van der Waals surface area contributed by atoms with Crippen LogP contribution >= 0.6 is 0 Å². The Morgan fingerprint density at radius 1 is 0.913 bits per heavy atom. The van der Waals surface area contributed by atoms with E-state index >= 15 is 0 Å². The van der Waals surface area contributed by atoms with Gasteiger partial charge < -0.3 is 5.11 Å². The molecule has 1 N–H and O–H groups in total. The Morgan fingerprint density at radius 3 is 2.43 bits per heavy atom. The van der Waals surface area contributed by atoms with Crippen molar-refractivity contribution in [2.75, 3.05) is 0 Å². The van der Waals surface area contributed by atoms with Crippen molar-refractivity contribution in [1.29, 1.82) is 0 Å². The molecule has 0 aromatic carbocycles. The highest BCUT2D eigenvalue weighted by Gasteiger charge is 2.60. The molecule has 4 aliphatic rings. The minimum atomic E-state index is -0.171. The summed E-state index contributed by atoms with van der Waals surface area (Å²) in [4.78, 5) is 0. The van der Waals surface area contributed by atoms with Crippen molar-refractivity contribution in [2.45, 2.75) is 91.6 Å². The van der Waals surface area contributed by atoms with E-state index in [1.54, 1.807) is 0 Å². The summed E-state index contributed by atoms with van der Waals surface area (Å²) < 4.78 is 0. The lowest BCUT2D eigenvalue weighted by atomic mass is 9.45. The maximum atomic E-state index is 11.0. The lowest BCUT2D eigenvalue weighted by Crippen LogP contribution is -2.53. The van der Waals surface area contributed by atoms with E-state index in [1.807, 2.05) is 0 Å². The molecule has 0 bridgehead atoms. The number of hydrogen-bond donors (Lipinski definition) is 1. The molecule has 0 spiro atoms. The van der Waals surface area contributed by atoms with Crippen LogP contribution in [0.2, 0.25) is 0 Å². The monoisotopic (exact) mass is 316 g/mol. The van der Waals surface area contributed by atoms with E-state index in [0.29, 0.717) is 5.41 Å². The topological polar surface area (TPSA) is 20.2 Å². The van der Waals surface area contributed by atoms with Crippen molar-refractivity contribution in [3.8, 4) is 0 Å². The first-order valence-electron chi connectivity index (χ1n) is 10.2. The normalized spacial score (nSPS) is 52.6. The van der Waals surface area contributed by atoms with Crippen LogP contribution in [0.4, 0.5) is 0 Å². The van der Waals surface area contributed by atoms with Crippen LogP contribution in [0, 0.1) is 34.5 Å². The van der Waals surface area contributed by atoms with Gasteiger partial charge in [0.25, 0.3) is 0 Å². The number of hydrogen-bond acceptors (Lipinski definition) is 1. The quantitative estimate of drug-likeness (QED) is 0.566. The van der Waals surface area contributed by atoms with E-state index in [-0.39, 0.29) is 11.5 Å². The van der Waals surface area contributed by atoms with Crippen LogP contribution in [0.5, 0.6) is 0 Å². The van der Waals surface area contributed by atoms with Crippen molar-refractivity contribution in [2.24, 2.45) is 34.5 Å². The number of fused-ring (bicyclic) bond motifs is 5. The number of aliphatic hydroxyl groups excluding tert-OH is 1. The van der Waals surface area contributed by atoms with Gasteiger partial charge in [-0.05, 0) is 93.5 Å². The second-order valence-corrected chi connectivity index (χ2v) is 10.1. The molecule has 0 radical (unpaired) electrons. The Hall–Kier alpha value is -0.300. The predicted octanol–water partition coefficient (Wildman–Crippen LogP) is 5.73. The Bertz CT molecular complexity index is 516. The summed E-state index contributed by atoms with van der Waals surface area (Å²) >= 11 is 0. The lowest BCUT2D eigenvalue weighted by molar-refractivity contribution is -0.119. The summed E-state index contributed by atoms with van der Waals surface area (Å²) in [7, 11) is 0. The fourth-order valence-electron chi connectivity index (χ4n) is 7.59. The molecule has 7 atom stereocenters. The van der Waals surface area contributed by atoms with Crippen molar-refractivity contribution in [3.05, 3.63) is 11.1 Å². The second kappa shape index (κ2) is 5.35. The summed E-state index contributed by atoms with van der Waals surface area (Å²) in [5.74, 6) is 3.54. The van der Waals surface area contributed by atoms with Crippen LogP contribution in [-0.2, 0) is 0 Å².